The average Bonchev–Trinajstić information content (AvgIpc) is 2.37. The van der Waals surface area contributed by atoms with E-state index in [0.29, 0.717) is 12.3 Å². The van der Waals surface area contributed by atoms with E-state index >= 15 is 0 Å². The van der Waals surface area contributed by atoms with Gasteiger partial charge in [0.15, 0.2) is 11.5 Å². The van der Waals surface area contributed by atoms with Crippen LogP contribution in [0.25, 0.3) is 0 Å². The van der Waals surface area contributed by atoms with E-state index in [1.54, 1.807) is 14.2 Å². The van der Waals surface area contributed by atoms with Gasteiger partial charge in [0.2, 0.25) is 0 Å². The van der Waals surface area contributed by atoms with Gasteiger partial charge >= 0.3 is 0 Å². The van der Waals surface area contributed by atoms with E-state index in [2.05, 4.69) is 13.8 Å². The lowest BCUT2D eigenvalue weighted by Crippen LogP contribution is -2.36. The summed E-state index contributed by atoms with van der Waals surface area (Å²) in [6.45, 7) is 6.67. The molecule has 0 amide bonds. The number of hydrogen-bond acceptors (Lipinski definition) is 4. The highest BCUT2D eigenvalue weighted by molar-refractivity contribution is 5.48. The Morgan fingerprint density at radius 2 is 1.67 bits per heavy atom. The van der Waals surface area contributed by atoms with Crippen molar-refractivity contribution in [2.45, 2.75) is 26.8 Å². The maximum atomic E-state index is 6.32. The van der Waals surface area contributed by atoms with Gasteiger partial charge in [0, 0.05) is 6.04 Å². The second kappa shape index (κ2) is 5.59. The third-order valence-corrected chi connectivity index (χ3v) is 3.48. The Kier molecular flexibility index (Phi) is 4.59. The molecule has 1 aromatic carbocycles. The average molecular weight is 252 g/mol. The smallest absolute Gasteiger partial charge is 0.161 e. The fourth-order valence-corrected chi connectivity index (χ4v) is 1.88. The Morgan fingerprint density at radius 1 is 1.17 bits per heavy atom. The lowest BCUT2D eigenvalue weighted by Gasteiger charge is -2.31. The van der Waals surface area contributed by atoms with Crippen molar-refractivity contribution >= 4 is 0 Å². The van der Waals surface area contributed by atoms with Crippen LogP contribution in [0.5, 0.6) is 11.5 Å². The van der Waals surface area contributed by atoms with E-state index in [-0.39, 0.29) is 11.5 Å². The molecule has 0 heterocycles. The zero-order valence-electron chi connectivity index (χ0n) is 11.9. The molecule has 0 radical (unpaired) electrons. The molecule has 4 N–H and O–H groups in total. The number of hydrogen-bond donors (Lipinski definition) is 2. The van der Waals surface area contributed by atoms with Crippen molar-refractivity contribution in [1.29, 1.82) is 0 Å². The quantitative estimate of drug-likeness (QED) is 0.841. The minimum Gasteiger partial charge on any atom is -0.493 e. The van der Waals surface area contributed by atoms with Crippen LogP contribution in [0.15, 0.2) is 12.1 Å². The van der Waals surface area contributed by atoms with E-state index in [4.69, 9.17) is 20.9 Å². The first-order chi connectivity index (χ1) is 8.37. The maximum absolute atomic E-state index is 6.32. The SMILES string of the molecule is COc1cc(C)c(C(N)C(C)(C)CN)cc1OC. The van der Waals surface area contributed by atoms with Crippen LogP contribution >= 0.6 is 0 Å². The third kappa shape index (κ3) is 2.76. The van der Waals surface area contributed by atoms with Gasteiger partial charge in [-0.2, -0.15) is 0 Å². The highest BCUT2D eigenvalue weighted by Gasteiger charge is 2.28. The number of nitrogens with two attached hydrogens (primary N) is 2. The molecule has 0 aromatic heterocycles. The Labute approximate surface area is 109 Å². The first-order valence-electron chi connectivity index (χ1n) is 6.05. The molecule has 4 nitrogen and oxygen atoms in total. The molecule has 0 aliphatic carbocycles. The normalized spacial score (nSPS) is 13.3. The lowest BCUT2D eigenvalue weighted by atomic mass is 9.79. The predicted molar refractivity (Wildman–Crippen MR) is 74.0 cm³/mol. The van der Waals surface area contributed by atoms with E-state index in [0.717, 1.165) is 16.9 Å². The molecule has 0 bridgehead atoms. The summed E-state index contributed by atoms with van der Waals surface area (Å²) >= 11 is 0. The molecule has 0 saturated heterocycles. The Bertz CT molecular complexity index is 417. The van der Waals surface area contributed by atoms with Gasteiger partial charge in [-0.25, -0.2) is 0 Å². The summed E-state index contributed by atoms with van der Waals surface area (Å²) in [7, 11) is 3.25. The van der Waals surface area contributed by atoms with Crippen molar-refractivity contribution in [2.75, 3.05) is 20.8 Å². The molecule has 1 atom stereocenters. The van der Waals surface area contributed by atoms with Crippen LogP contribution < -0.4 is 20.9 Å². The van der Waals surface area contributed by atoms with Gasteiger partial charge in [0.25, 0.3) is 0 Å². The van der Waals surface area contributed by atoms with Crippen molar-refractivity contribution in [1.82, 2.24) is 0 Å². The van der Waals surface area contributed by atoms with Gasteiger partial charge in [-0.3, -0.25) is 0 Å². The van der Waals surface area contributed by atoms with E-state index in [1.807, 2.05) is 19.1 Å². The van der Waals surface area contributed by atoms with E-state index in [9.17, 15) is 0 Å². The Morgan fingerprint density at radius 3 is 2.11 bits per heavy atom. The standard InChI is InChI=1S/C14H24N2O2/c1-9-6-11(17-4)12(18-5)7-10(9)13(16)14(2,3)8-15/h6-7,13H,8,15-16H2,1-5H3. The van der Waals surface area contributed by atoms with Crippen molar-refractivity contribution in [3.05, 3.63) is 23.3 Å². The van der Waals surface area contributed by atoms with Crippen molar-refractivity contribution < 1.29 is 9.47 Å². The fraction of sp³-hybridized carbons (Fsp3) is 0.571. The monoisotopic (exact) mass is 252 g/mol. The van der Waals surface area contributed by atoms with Crippen LogP contribution in [-0.2, 0) is 0 Å². The maximum Gasteiger partial charge on any atom is 0.161 e. The molecule has 1 aromatic rings. The Hall–Kier alpha value is -1.26. The summed E-state index contributed by atoms with van der Waals surface area (Å²) in [5, 5.41) is 0. The summed E-state index contributed by atoms with van der Waals surface area (Å²) in [4.78, 5) is 0. The molecular formula is C14H24N2O2. The molecule has 4 heteroatoms. The van der Waals surface area contributed by atoms with Gasteiger partial charge in [-0.15, -0.1) is 0 Å². The van der Waals surface area contributed by atoms with Crippen molar-refractivity contribution in [3.63, 3.8) is 0 Å². The van der Waals surface area contributed by atoms with Crippen molar-refractivity contribution in [3.8, 4) is 11.5 Å². The molecule has 18 heavy (non-hydrogen) atoms. The van der Waals surface area contributed by atoms with Crippen molar-refractivity contribution in [2.24, 2.45) is 16.9 Å². The fourth-order valence-electron chi connectivity index (χ4n) is 1.88. The molecule has 1 rings (SSSR count). The van der Waals surface area contributed by atoms with Gasteiger partial charge in [-0.05, 0) is 42.1 Å². The van der Waals surface area contributed by atoms with Crippen LogP contribution in [0, 0.1) is 12.3 Å². The zero-order chi connectivity index (χ0) is 13.9. The van der Waals surface area contributed by atoms with Gasteiger partial charge < -0.3 is 20.9 Å². The van der Waals surface area contributed by atoms with E-state index < -0.39 is 0 Å². The molecule has 0 spiro atoms. The zero-order valence-corrected chi connectivity index (χ0v) is 11.9. The van der Waals surface area contributed by atoms with E-state index in [1.165, 1.54) is 0 Å². The molecular weight excluding hydrogens is 228 g/mol. The third-order valence-electron chi connectivity index (χ3n) is 3.48. The number of ether oxygens (including phenoxy) is 2. The van der Waals surface area contributed by atoms with Crippen LogP contribution in [0.2, 0.25) is 0 Å². The molecule has 0 aliphatic heterocycles. The highest BCUT2D eigenvalue weighted by atomic mass is 16.5. The second-order valence-electron chi connectivity index (χ2n) is 5.23. The molecule has 0 aliphatic rings. The number of benzene rings is 1. The largest absolute Gasteiger partial charge is 0.493 e. The Balaban J connectivity index is 3.25. The minimum atomic E-state index is -0.162. The molecule has 0 saturated carbocycles. The number of methoxy groups -OCH3 is 2. The van der Waals surface area contributed by atoms with Crippen LogP contribution in [0.1, 0.15) is 31.0 Å². The number of rotatable bonds is 5. The van der Waals surface area contributed by atoms with Gasteiger partial charge in [0.1, 0.15) is 0 Å². The lowest BCUT2D eigenvalue weighted by molar-refractivity contribution is 0.298. The highest BCUT2D eigenvalue weighted by Crippen LogP contribution is 2.37. The predicted octanol–water partition coefficient (Wildman–Crippen LogP) is 2.00. The minimum absolute atomic E-state index is 0.137. The molecule has 1 unspecified atom stereocenters. The van der Waals surface area contributed by atoms with Gasteiger partial charge in [0.05, 0.1) is 14.2 Å². The first kappa shape index (κ1) is 14.8. The van der Waals surface area contributed by atoms with Crippen LogP contribution in [0.3, 0.4) is 0 Å². The summed E-state index contributed by atoms with van der Waals surface area (Å²) < 4.78 is 10.6. The molecule has 0 fully saturated rings. The van der Waals surface area contributed by atoms with Crippen LogP contribution in [0.4, 0.5) is 0 Å². The second-order valence-corrected chi connectivity index (χ2v) is 5.23. The first-order valence-corrected chi connectivity index (χ1v) is 6.05. The summed E-state index contributed by atoms with van der Waals surface area (Å²) in [6, 6.07) is 3.75. The summed E-state index contributed by atoms with van der Waals surface area (Å²) in [6.07, 6.45) is 0. The molecule has 102 valence electrons. The summed E-state index contributed by atoms with van der Waals surface area (Å²) in [5.74, 6) is 1.41. The number of aryl methyl sites for hydroxylation is 1. The van der Waals surface area contributed by atoms with Gasteiger partial charge in [-0.1, -0.05) is 13.8 Å². The topological polar surface area (TPSA) is 70.5 Å². The van der Waals surface area contributed by atoms with Crippen LogP contribution in [-0.4, -0.2) is 20.8 Å². The summed E-state index contributed by atoms with van der Waals surface area (Å²) in [5.41, 5.74) is 14.1.